The van der Waals surface area contributed by atoms with Gasteiger partial charge in [0.25, 0.3) is 0 Å². The molecule has 0 bridgehead atoms. The lowest BCUT2D eigenvalue weighted by atomic mass is 9.63. The molecule has 4 nitrogen and oxygen atoms in total. The zero-order chi connectivity index (χ0) is 25.6. The van der Waals surface area contributed by atoms with Crippen LogP contribution in [0.1, 0.15) is 46.9 Å². The van der Waals surface area contributed by atoms with Crippen LogP contribution < -0.4 is 9.80 Å². The molecule has 2 unspecified atom stereocenters. The highest BCUT2D eigenvalue weighted by atomic mass is 16.3. The standard InChI is InChI=1S/C34H34N2O2/c37-33-30(34(38)31(33)26-21-24-9-7-19-35-20-8-10-25(22-26)32(24)35)23-15-17-29(18-16-23)36(27-11-3-1-4-12-27)28-13-5-2-6-14-28/h1-6,11-18,21-22,30-31,33-34,37-38H,7-10,19-20H2. The molecule has 0 saturated heterocycles. The minimum atomic E-state index is -0.594. The molecule has 0 radical (unpaired) electrons. The molecule has 2 heterocycles. The van der Waals surface area contributed by atoms with Crippen LogP contribution in [-0.4, -0.2) is 35.5 Å². The molecule has 1 aliphatic carbocycles. The van der Waals surface area contributed by atoms with Crippen molar-refractivity contribution in [2.24, 2.45) is 0 Å². The van der Waals surface area contributed by atoms with Gasteiger partial charge >= 0.3 is 0 Å². The third kappa shape index (κ3) is 3.91. The highest BCUT2D eigenvalue weighted by Crippen LogP contribution is 2.50. The second-order valence-corrected chi connectivity index (χ2v) is 11.0. The van der Waals surface area contributed by atoms with Gasteiger partial charge in [-0.1, -0.05) is 60.7 Å². The second-order valence-electron chi connectivity index (χ2n) is 11.0. The van der Waals surface area contributed by atoms with Crippen LogP contribution in [0.5, 0.6) is 0 Å². The van der Waals surface area contributed by atoms with Crippen molar-refractivity contribution in [3.05, 3.63) is 119 Å². The molecule has 4 aromatic carbocycles. The minimum absolute atomic E-state index is 0.233. The summed E-state index contributed by atoms with van der Waals surface area (Å²) in [5.74, 6) is -0.511. The highest BCUT2D eigenvalue weighted by molar-refractivity contribution is 5.76. The molecular formula is C34H34N2O2. The number of rotatable bonds is 5. The molecule has 0 aromatic heterocycles. The van der Waals surface area contributed by atoms with Gasteiger partial charge in [-0.05, 0) is 84.3 Å². The molecule has 4 heteroatoms. The molecule has 1 saturated carbocycles. The Morgan fingerprint density at radius 2 is 1.05 bits per heavy atom. The van der Waals surface area contributed by atoms with E-state index in [0.717, 1.165) is 54.1 Å². The summed E-state index contributed by atoms with van der Waals surface area (Å²) in [7, 11) is 0. The van der Waals surface area contributed by atoms with Crippen molar-refractivity contribution in [3.63, 3.8) is 0 Å². The molecule has 7 rings (SSSR count). The fourth-order valence-electron chi connectivity index (χ4n) is 6.96. The molecule has 192 valence electrons. The van der Waals surface area contributed by atoms with Gasteiger partial charge in [0.1, 0.15) is 0 Å². The maximum Gasteiger partial charge on any atom is 0.0727 e. The van der Waals surface area contributed by atoms with Gasteiger partial charge < -0.3 is 20.0 Å². The Labute approximate surface area is 224 Å². The van der Waals surface area contributed by atoms with E-state index >= 15 is 0 Å². The van der Waals surface area contributed by atoms with Gasteiger partial charge in [-0.2, -0.15) is 0 Å². The van der Waals surface area contributed by atoms with Crippen LogP contribution in [0.4, 0.5) is 22.7 Å². The first kappa shape index (κ1) is 23.5. The van der Waals surface area contributed by atoms with Gasteiger partial charge in [-0.15, -0.1) is 0 Å². The van der Waals surface area contributed by atoms with E-state index in [4.69, 9.17) is 0 Å². The smallest absolute Gasteiger partial charge is 0.0727 e. The van der Waals surface area contributed by atoms with Crippen LogP contribution in [-0.2, 0) is 12.8 Å². The molecule has 4 aromatic rings. The summed E-state index contributed by atoms with van der Waals surface area (Å²) in [4.78, 5) is 4.76. The molecule has 1 fully saturated rings. The average Bonchev–Trinajstić information content (AvgIpc) is 2.96. The Bertz CT molecular complexity index is 1340. The average molecular weight is 503 g/mol. The fourth-order valence-corrected chi connectivity index (χ4v) is 6.96. The molecule has 2 atom stereocenters. The van der Waals surface area contributed by atoms with Crippen molar-refractivity contribution in [1.82, 2.24) is 0 Å². The first-order valence-electron chi connectivity index (χ1n) is 14.0. The van der Waals surface area contributed by atoms with Crippen molar-refractivity contribution in [2.75, 3.05) is 22.9 Å². The number of aryl methyl sites for hydroxylation is 2. The van der Waals surface area contributed by atoms with E-state index in [1.165, 1.54) is 29.7 Å². The maximum atomic E-state index is 11.3. The van der Waals surface area contributed by atoms with Gasteiger partial charge in [-0.25, -0.2) is 0 Å². The number of hydrogen-bond acceptors (Lipinski definition) is 4. The van der Waals surface area contributed by atoms with E-state index in [-0.39, 0.29) is 11.8 Å². The van der Waals surface area contributed by atoms with Crippen LogP contribution in [0.25, 0.3) is 0 Å². The third-order valence-corrected chi connectivity index (χ3v) is 8.78. The topological polar surface area (TPSA) is 46.9 Å². The van der Waals surface area contributed by atoms with E-state index in [1.807, 2.05) is 36.4 Å². The number of para-hydroxylation sites is 2. The summed E-state index contributed by atoms with van der Waals surface area (Å²) in [6, 6.07) is 33.5. The van der Waals surface area contributed by atoms with Crippen LogP contribution in [0.2, 0.25) is 0 Å². The van der Waals surface area contributed by atoms with Crippen LogP contribution in [0.3, 0.4) is 0 Å². The number of anilines is 4. The van der Waals surface area contributed by atoms with Crippen molar-refractivity contribution in [3.8, 4) is 0 Å². The van der Waals surface area contributed by atoms with Crippen molar-refractivity contribution in [2.45, 2.75) is 49.7 Å². The summed E-state index contributed by atoms with van der Waals surface area (Å²) in [6.07, 6.45) is 3.37. The van der Waals surface area contributed by atoms with E-state index in [1.54, 1.807) is 0 Å². The van der Waals surface area contributed by atoms with E-state index in [2.05, 4.69) is 70.5 Å². The Hall–Kier alpha value is -3.60. The fraction of sp³-hybridized carbons (Fsp3) is 0.294. The SMILES string of the molecule is OC1C(c2ccc(N(c3ccccc3)c3ccccc3)cc2)C(O)C1c1cc2c3c(c1)CCCN3CCC2. The molecule has 0 spiro atoms. The predicted molar refractivity (Wildman–Crippen MR) is 154 cm³/mol. The Morgan fingerprint density at radius 1 is 0.579 bits per heavy atom. The van der Waals surface area contributed by atoms with E-state index in [9.17, 15) is 10.2 Å². The Kier molecular flexibility index (Phi) is 5.95. The summed E-state index contributed by atoms with van der Waals surface area (Å²) in [5, 5.41) is 22.7. The largest absolute Gasteiger partial charge is 0.392 e. The first-order valence-corrected chi connectivity index (χ1v) is 14.0. The maximum absolute atomic E-state index is 11.3. The molecule has 38 heavy (non-hydrogen) atoms. The Morgan fingerprint density at radius 3 is 1.58 bits per heavy atom. The monoisotopic (exact) mass is 502 g/mol. The van der Waals surface area contributed by atoms with Gasteiger partial charge in [-0.3, -0.25) is 0 Å². The van der Waals surface area contributed by atoms with Gasteiger partial charge in [0.2, 0.25) is 0 Å². The van der Waals surface area contributed by atoms with Gasteiger partial charge in [0.05, 0.1) is 12.2 Å². The number of nitrogens with zero attached hydrogens (tertiary/aromatic N) is 2. The first-order chi connectivity index (χ1) is 18.7. The quantitative estimate of drug-likeness (QED) is 0.329. The molecular weight excluding hydrogens is 468 g/mol. The van der Waals surface area contributed by atoms with E-state index < -0.39 is 12.2 Å². The normalized spacial score (nSPS) is 23.9. The summed E-state index contributed by atoms with van der Waals surface area (Å²) in [6.45, 7) is 2.30. The molecule has 0 amide bonds. The summed E-state index contributed by atoms with van der Waals surface area (Å²) in [5.41, 5.74) is 9.55. The lowest BCUT2D eigenvalue weighted by molar-refractivity contribution is -0.0785. The molecule has 2 N–H and O–H groups in total. The molecule has 2 aliphatic heterocycles. The zero-order valence-corrected chi connectivity index (χ0v) is 21.6. The number of benzene rings is 4. The second kappa shape index (κ2) is 9.61. The van der Waals surface area contributed by atoms with Crippen LogP contribution in [0.15, 0.2) is 97.1 Å². The number of aliphatic hydroxyl groups is 2. The van der Waals surface area contributed by atoms with E-state index in [0.29, 0.717) is 0 Å². The predicted octanol–water partition coefficient (Wildman–Crippen LogP) is 6.46. The minimum Gasteiger partial charge on any atom is -0.392 e. The summed E-state index contributed by atoms with van der Waals surface area (Å²) < 4.78 is 0. The van der Waals surface area contributed by atoms with Gasteiger partial charge in [0, 0.05) is 47.7 Å². The zero-order valence-electron chi connectivity index (χ0n) is 21.6. The van der Waals surface area contributed by atoms with Crippen LogP contribution in [0, 0.1) is 0 Å². The van der Waals surface area contributed by atoms with Crippen molar-refractivity contribution >= 4 is 22.7 Å². The molecule has 3 aliphatic rings. The highest BCUT2D eigenvalue weighted by Gasteiger charge is 2.50. The third-order valence-electron chi connectivity index (χ3n) is 8.78. The Balaban J connectivity index is 1.16. The van der Waals surface area contributed by atoms with Crippen molar-refractivity contribution < 1.29 is 10.2 Å². The van der Waals surface area contributed by atoms with Crippen LogP contribution >= 0.6 is 0 Å². The number of aliphatic hydroxyl groups excluding tert-OH is 2. The lowest BCUT2D eigenvalue weighted by Crippen LogP contribution is -2.51. The summed E-state index contributed by atoms with van der Waals surface area (Å²) >= 11 is 0. The van der Waals surface area contributed by atoms with Gasteiger partial charge in [0.15, 0.2) is 0 Å². The van der Waals surface area contributed by atoms with Crippen molar-refractivity contribution in [1.29, 1.82) is 0 Å². The number of hydrogen-bond donors (Lipinski definition) is 2. The lowest BCUT2D eigenvalue weighted by Gasteiger charge is -2.48.